The van der Waals surface area contributed by atoms with Gasteiger partial charge in [0, 0.05) is 6.92 Å². The molecule has 0 aliphatic rings. The topological polar surface area (TPSA) is 26.3 Å². The van der Waals surface area contributed by atoms with E-state index in [1.165, 1.54) is 13.8 Å². The van der Waals surface area contributed by atoms with E-state index in [0.717, 1.165) is 0 Å². The zero-order valence-corrected chi connectivity index (χ0v) is 6.64. The number of carbonyl (C=O) groups is 1. The molecule has 2 atom stereocenters. The number of hydrogen-bond acceptors (Lipinski definition) is 2. The molecule has 4 heteroatoms. The van der Waals surface area contributed by atoms with Crippen molar-refractivity contribution >= 4 is 5.97 Å². The second kappa shape index (κ2) is 5.04. The molecule has 0 aliphatic heterocycles. The van der Waals surface area contributed by atoms with Crippen molar-refractivity contribution in [2.45, 2.75) is 20.0 Å². The maximum atomic E-state index is 12.4. The normalized spacial score (nSPS) is 15.6. The lowest BCUT2D eigenvalue weighted by molar-refractivity contribution is -0.143. The van der Waals surface area contributed by atoms with E-state index in [9.17, 15) is 13.6 Å². The van der Waals surface area contributed by atoms with E-state index in [-0.39, 0.29) is 6.61 Å². The number of alkyl halides is 2. The van der Waals surface area contributed by atoms with Crippen LogP contribution in [0.15, 0.2) is 0 Å². The average molecular weight is 166 g/mol. The van der Waals surface area contributed by atoms with E-state index in [4.69, 9.17) is 0 Å². The third-order valence-electron chi connectivity index (χ3n) is 1.35. The zero-order chi connectivity index (χ0) is 8.85. The van der Waals surface area contributed by atoms with E-state index in [1.807, 2.05) is 0 Å². The van der Waals surface area contributed by atoms with E-state index in [2.05, 4.69) is 4.74 Å². The molecule has 0 amide bonds. The highest BCUT2D eigenvalue weighted by atomic mass is 19.1. The van der Waals surface area contributed by atoms with Crippen molar-refractivity contribution in [3.05, 3.63) is 0 Å². The van der Waals surface area contributed by atoms with Crippen molar-refractivity contribution in [1.82, 2.24) is 0 Å². The fourth-order valence-electron chi connectivity index (χ4n) is 0.524. The zero-order valence-electron chi connectivity index (χ0n) is 6.64. The molecule has 0 aromatic heterocycles. The van der Waals surface area contributed by atoms with Crippen LogP contribution >= 0.6 is 0 Å². The third-order valence-corrected chi connectivity index (χ3v) is 1.35. The number of rotatable bonds is 4. The number of ether oxygens (including phenoxy) is 1. The van der Waals surface area contributed by atoms with Crippen molar-refractivity contribution in [3.8, 4) is 0 Å². The van der Waals surface area contributed by atoms with Gasteiger partial charge in [-0.1, -0.05) is 0 Å². The molecule has 0 aromatic carbocycles. The first-order valence-corrected chi connectivity index (χ1v) is 3.41. The predicted molar refractivity (Wildman–Crippen MR) is 36.7 cm³/mol. The highest BCUT2D eigenvalue weighted by molar-refractivity contribution is 5.65. The molecule has 0 unspecified atom stereocenters. The summed E-state index contributed by atoms with van der Waals surface area (Å²) < 4.78 is 28.8. The summed E-state index contributed by atoms with van der Waals surface area (Å²) in [5, 5.41) is 0. The van der Waals surface area contributed by atoms with Gasteiger partial charge in [-0.2, -0.15) is 0 Å². The Kier molecular flexibility index (Phi) is 4.74. The second-order valence-electron chi connectivity index (χ2n) is 2.39. The molecule has 0 N–H and O–H groups in total. The first-order valence-electron chi connectivity index (χ1n) is 3.41. The molecule has 0 radical (unpaired) electrons. The van der Waals surface area contributed by atoms with Crippen molar-refractivity contribution in [2.24, 2.45) is 5.92 Å². The molecule has 0 heterocycles. The molecular weight excluding hydrogens is 154 g/mol. The van der Waals surface area contributed by atoms with E-state index in [0.29, 0.717) is 0 Å². The first kappa shape index (κ1) is 10.3. The largest absolute Gasteiger partial charge is 0.465 e. The van der Waals surface area contributed by atoms with Crippen molar-refractivity contribution in [2.75, 3.05) is 13.3 Å². The molecule has 0 aliphatic carbocycles. The average Bonchev–Trinajstić information content (AvgIpc) is 1.87. The van der Waals surface area contributed by atoms with Crippen LogP contribution in [0.25, 0.3) is 0 Å². The van der Waals surface area contributed by atoms with Gasteiger partial charge in [-0.05, 0) is 6.92 Å². The van der Waals surface area contributed by atoms with Gasteiger partial charge in [0.15, 0.2) is 0 Å². The van der Waals surface area contributed by atoms with Gasteiger partial charge in [-0.3, -0.25) is 9.18 Å². The standard InChI is InChI=1S/C7H12F2O2/c1-5(9)7(3-8)4-11-6(2)10/h5,7H,3-4H2,1-2H3/t5-,7-/m0/s1. The van der Waals surface area contributed by atoms with Gasteiger partial charge in [0.05, 0.1) is 19.2 Å². The Labute approximate surface area is 64.5 Å². The fraction of sp³-hybridized carbons (Fsp3) is 0.857. The van der Waals surface area contributed by atoms with Gasteiger partial charge in [0.1, 0.15) is 6.17 Å². The van der Waals surface area contributed by atoms with E-state index in [1.54, 1.807) is 0 Å². The molecular formula is C7H12F2O2. The third kappa shape index (κ3) is 4.70. The summed E-state index contributed by atoms with van der Waals surface area (Å²) in [6.45, 7) is 1.47. The molecule has 0 bridgehead atoms. The van der Waals surface area contributed by atoms with Crippen LogP contribution in [0, 0.1) is 5.92 Å². The number of carbonyl (C=O) groups excluding carboxylic acids is 1. The van der Waals surface area contributed by atoms with Gasteiger partial charge in [-0.15, -0.1) is 0 Å². The van der Waals surface area contributed by atoms with Crippen LogP contribution in [0.5, 0.6) is 0 Å². The summed E-state index contributed by atoms with van der Waals surface area (Å²) in [6.07, 6.45) is -1.28. The van der Waals surface area contributed by atoms with Crippen LogP contribution in [0.4, 0.5) is 8.78 Å². The maximum Gasteiger partial charge on any atom is 0.302 e. The minimum Gasteiger partial charge on any atom is -0.465 e. The minimum absolute atomic E-state index is 0.177. The molecule has 0 saturated heterocycles. The molecule has 0 rings (SSSR count). The Bertz CT molecular complexity index is 126. The lowest BCUT2D eigenvalue weighted by Gasteiger charge is -2.13. The Morgan fingerprint density at radius 2 is 2.18 bits per heavy atom. The van der Waals surface area contributed by atoms with Crippen LogP contribution in [0.3, 0.4) is 0 Å². The molecule has 0 aromatic rings. The Morgan fingerprint density at radius 1 is 1.64 bits per heavy atom. The summed E-state index contributed by atoms with van der Waals surface area (Å²) >= 11 is 0. The number of hydrogen-bond donors (Lipinski definition) is 0. The number of halogens is 2. The SMILES string of the molecule is CC(=O)OC[C@H](CF)[C@H](C)F. The first-order chi connectivity index (χ1) is 5.07. The second-order valence-corrected chi connectivity index (χ2v) is 2.39. The van der Waals surface area contributed by atoms with Gasteiger partial charge >= 0.3 is 5.97 Å². The summed E-state index contributed by atoms with van der Waals surface area (Å²) in [5.74, 6) is -1.33. The fourth-order valence-corrected chi connectivity index (χ4v) is 0.524. The van der Waals surface area contributed by atoms with Gasteiger partial charge < -0.3 is 4.74 Å². The summed E-state index contributed by atoms with van der Waals surface area (Å²) in [5.41, 5.74) is 0. The van der Waals surface area contributed by atoms with Crippen LogP contribution in [-0.2, 0) is 9.53 Å². The lowest BCUT2D eigenvalue weighted by Crippen LogP contribution is -2.22. The quantitative estimate of drug-likeness (QED) is 0.591. The Morgan fingerprint density at radius 3 is 2.45 bits per heavy atom. The van der Waals surface area contributed by atoms with Gasteiger partial charge in [-0.25, -0.2) is 4.39 Å². The lowest BCUT2D eigenvalue weighted by atomic mass is 10.1. The molecule has 2 nitrogen and oxygen atoms in total. The molecule has 66 valence electrons. The van der Waals surface area contributed by atoms with E-state index < -0.39 is 24.7 Å². The molecule has 0 saturated carbocycles. The van der Waals surface area contributed by atoms with Crippen LogP contribution < -0.4 is 0 Å². The predicted octanol–water partition coefficient (Wildman–Crippen LogP) is 1.49. The monoisotopic (exact) mass is 166 g/mol. The maximum absolute atomic E-state index is 12.4. The van der Waals surface area contributed by atoms with Crippen molar-refractivity contribution in [1.29, 1.82) is 0 Å². The van der Waals surface area contributed by atoms with E-state index >= 15 is 0 Å². The summed E-state index contributed by atoms with van der Waals surface area (Å²) in [4.78, 5) is 10.2. The van der Waals surface area contributed by atoms with Crippen LogP contribution in [0.2, 0.25) is 0 Å². The van der Waals surface area contributed by atoms with Crippen LogP contribution in [-0.4, -0.2) is 25.4 Å². The molecule has 0 spiro atoms. The molecule has 11 heavy (non-hydrogen) atoms. The van der Waals surface area contributed by atoms with Gasteiger partial charge in [0.25, 0.3) is 0 Å². The van der Waals surface area contributed by atoms with Crippen molar-refractivity contribution in [3.63, 3.8) is 0 Å². The summed E-state index contributed by atoms with van der Waals surface area (Å²) in [6, 6.07) is 0. The molecule has 0 fully saturated rings. The highest BCUT2D eigenvalue weighted by Gasteiger charge is 2.17. The highest BCUT2D eigenvalue weighted by Crippen LogP contribution is 2.08. The van der Waals surface area contributed by atoms with Gasteiger partial charge in [0.2, 0.25) is 0 Å². The Hall–Kier alpha value is -0.670. The minimum atomic E-state index is -1.28. The van der Waals surface area contributed by atoms with Crippen LogP contribution in [0.1, 0.15) is 13.8 Å². The number of esters is 1. The summed E-state index contributed by atoms with van der Waals surface area (Å²) in [7, 11) is 0. The Balaban J connectivity index is 3.61. The van der Waals surface area contributed by atoms with Crippen molar-refractivity contribution < 1.29 is 18.3 Å². The smallest absolute Gasteiger partial charge is 0.302 e.